The molecule has 0 bridgehead atoms. The van der Waals surface area contributed by atoms with Crippen LogP contribution in [0.2, 0.25) is 0 Å². The van der Waals surface area contributed by atoms with E-state index in [9.17, 15) is 18.4 Å². The molecule has 64 valence electrons. The fourth-order valence-electron chi connectivity index (χ4n) is 0.312. The zero-order valence-corrected chi connectivity index (χ0v) is 7.15. The van der Waals surface area contributed by atoms with Crippen LogP contribution in [0.15, 0.2) is 0 Å². The predicted octanol–water partition coefficient (Wildman–Crippen LogP) is 1.11. The van der Waals surface area contributed by atoms with E-state index >= 15 is 0 Å². The first-order chi connectivity index (χ1) is 4.89. The van der Waals surface area contributed by atoms with Gasteiger partial charge in [-0.05, 0) is 22.9 Å². The van der Waals surface area contributed by atoms with Gasteiger partial charge < -0.3 is 4.74 Å². The lowest BCUT2D eigenvalue weighted by molar-refractivity contribution is -0.159. The Morgan fingerprint density at radius 1 is 1.55 bits per heavy atom. The smallest absolute Gasteiger partial charge is 0.382 e. The molecule has 0 amide bonds. The van der Waals surface area contributed by atoms with Gasteiger partial charge in [0.05, 0.1) is 6.61 Å². The fourth-order valence-corrected chi connectivity index (χ4v) is 0.474. The number of Topliss-reactive ketones (excluding diaryl/α,β-unsaturated/α-hetero) is 1. The van der Waals surface area contributed by atoms with Gasteiger partial charge in [0.25, 0.3) is 0 Å². The molecule has 11 heavy (non-hydrogen) atoms. The Morgan fingerprint density at radius 2 is 2.00 bits per heavy atom. The van der Waals surface area contributed by atoms with E-state index in [4.69, 9.17) is 0 Å². The summed E-state index contributed by atoms with van der Waals surface area (Å²) >= 11 is 1.73. The number of rotatable bonds is 3. The molecule has 0 heterocycles. The van der Waals surface area contributed by atoms with E-state index in [-0.39, 0.29) is 6.61 Å². The maximum atomic E-state index is 12.0. The maximum absolute atomic E-state index is 12.0. The van der Waals surface area contributed by atoms with Gasteiger partial charge in [-0.15, -0.1) is 0 Å². The molecule has 0 saturated heterocycles. The third-order valence-corrected chi connectivity index (χ3v) is 1.08. The first-order valence-corrected chi connectivity index (χ1v) is 3.47. The SMILES string of the molecule is CCOC(=O)C(=O)C(F)(F)Br. The van der Waals surface area contributed by atoms with Crippen LogP contribution < -0.4 is 0 Å². The summed E-state index contributed by atoms with van der Waals surface area (Å²) in [6, 6.07) is 0. The second-order valence-electron chi connectivity index (χ2n) is 1.55. The molecule has 0 spiro atoms. The van der Waals surface area contributed by atoms with Crippen LogP contribution in [0, 0.1) is 0 Å². The van der Waals surface area contributed by atoms with Crippen molar-refractivity contribution in [1.29, 1.82) is 0 Å². The Bertz CT molecular complexity index is 175. The van der Waals surface area contributed by atoms with Crippen LogP contribution in [0.4, 0.5) is 8.78 Å². The molecule has 0 aromatic carbocycles. The summed E-state index contributed by atoms with van der Waals surface area (Å²) in [4.78, 5) is 16.8. The highest BCUT2D eigenvalue weighted by molar-refractivity contribution is 9.10. The fraction of sp³-hybridized carbons (Fsp3) is 0.600. The zero-order chi connectivity index (χ0) is 9.07. The molecule has 0 saturated carbocycles. The van der Waals surface area contributed by atoms with Gasteiger partial charge in [0.1, 0.15) is 0 Å². The minimum atomic E-state index is -3.82. The number of esters is 1. The van der Waals surface area contributed by atoms with Crippen molar-refractivity contribution >= 4 is 27.7 Å². The molecule has 0 radical (unpaired) electrons. The first-order valence-electron chi connectivity index (χ1n) is 2.68. The Hall–Kier alpha value is -0.520. The first kappa shape index (κ1) is 10.5. The number of alkyl halides is 3. The summed E-state index contributed by atoms with van der Waals surface area (Å²) < 4.78 is 27.9. The predicted molar refractivity (Wildman–Crippen MR) is 35.5 cm³/mol. The third kappa shape index (κ3) is 3.41. The highest BCUT2D eigenvalue weighted by Gasteiger charge is 2.41. The topological polar surface area (TPSA) is 43.4 Å². The molecule has 0 aromatic rings. The van der Waals surface area contributed by atoms with Crippen molar-refractivity contribution in [1.82, 2.24) is 0 Å². The average molecular weight is 231 g/mol. The molecule has 0 aromatic heterocycles. The molecule has 0 aliphatic rings. The van der Waals surface area contributed by atoms with Gasteiger partial charge >= 0.3 is 16.6 Å². The van der Waals surface area contributed by atoms with E-state index in [1.54, 1.807) is 15.9 Å². The summed E-state index contributed by atoms with van der Waals surface area (Å²) in [5.74, 6) is -3.42. The van der Waals surface area contributed by atoms with Crippen LogP contribution in [-0.4, -0.2) is 23.2 Å². The van der Waals surface area contributed by atoms with Gasteiger partial charge in [0.2, 0.25) is 0 Å². The van der Waals surface area contributed by atoms with Crippen molar-refractivity contribution in [2.24, 2.45) is 0 Å². The highest BCUT2D eigenvalue weighted by Crippen LogP contribution is 2.22. The lowest BCUT2D eigenvalue weighted by Crippen LogP contribution is -2.30. The highest BCUT2D eigenvalue weighted by atomic mass is 79.9. The molecular weight excluding hydrogens is 226 g/mol. The summed E-state index contributed by atoms with van der Waals surface area (Å²) in [6.07, 6.45) is 0. The number of hydrogen-bond donors (Lipinski definition) is 0. The van der Waals surface area contributed by atoms with Crippen molar-refractivity contribution in [2.75, 3.05) is 6.61 Å². The molecule has 0 fully saturated rings. The standard InChI is InChI=1S/C5H5BrF2O3/c1-2-11-4(10)3(9)5(6,7)8/h2H2,1H3. The minimum absolute atomic E-state index is 0.104. The van der Waals surface area contributed by atoms with Crippen molar-refractivity contribution in [3.8, 4) is 0 Å². The summed E-state index contributed by atoms with van der Waals surface area (Å²) in [7, 11) is 0. The number of halogens is 3. The quantitative estimate of drug-likeness (QED) is 0.415. The van der Waals surface area contributed by atoms with E-state index in [0.29, 0.717) is 0 Å². The van der Waals surface area contributed by atoms with E-state index in [0.717, 1.165) is 0 Å². The number of hydrogen-bond acceptors (Lipinski definition) is 3. The van der Waals surface area contributed by atoms with Crippen LogP contribution in [0.3, 0.4) is 0 Å². The van der Waals surface area contributed by atoms with E-state index in [2.05, 4.69) is 4.74 Å². The van der Waals surface area contributed by atoms with E-state index < -0.39 is 16.6 Å². The average Bonchev–Trinajstić information content (AvgIpc) is 1.85. The largest absolute Gasteiger partial charge is 0.460 e. The van der Waals surface area contributed by atoms with Gasteiger partial charge in [-0.2, -0.15) is 8.78 Å². The number of ether oxygens (including phenoxy) is 1. The number of carbonyl (C=O) groups excluding carboxylic acids is 2. The van der Waals surface area contributed by atoms with Crippen molar-refractivity contribution in [3.63, 3.8) is 0 Å². The van der Waals surface area contributed by atoms with Gasteiger partial charge in [0.15, 0.2) is 0 Å². The van der Waals surface area contributed by atoms with Crippen LogP contribution in [0.25, 0.3) is 0 Å². The molecule has 0 aliphatic heterocycles. The molecule has 0 unspecified atom stereocenters. The molecule has 0 atom stereocenters. The van der Waals surface area contributed by atoms with Crippen molar-refractivity contribution < 1.29 is 23.1 Å². The van der Waals surface area contributed by atoms with Crippen LogP contribution in [-0.2, 0) is 14.3 Å². The lowest BCUT2D eigenvalue weighted by atomic mass is 10.4. The Morgan fingerprint density at radius 3 is 2.27 bits per heavy atom. The molecular formula is C5H5BrF2O3. The van der Waals surface area contributed by atoms with Crippen LogP contribution in [0.1, 0.15) is 6.92 Å². The van der Waals surface area contributed by atoms with Crippen LogP contribution in [0.5, 0.6) is 0 Å². The second-order valence-corrected chi connectivity index (χ2v) is 2.54. The Balaban J connectivity index is 4.15. The number of carbonyl (C=O) groups is 2. The Labute approximate surface area is 69.8 Å². The Kier molecular flexibility index (Phi) is 3.57. The molecule has 6 heteroatoms. The van der Waals surface area contributed by atoms with Gasteiger partial charge in [-0.3, -0.25) is 4.79 Å². The van der Waals surface area contributed by atoms with Crippen LogP contribution >= 0.6 is 15.9 Å². The zero-order valence-electron chi connectivity index (χ0n) is 5.57. The van der Waals surface area contributed by atoms with Crippen molar-refractivity contribution in [3.05, 3.63) is 0 Å². The van der Waals surface area contributed by atoms with Gasteiger partial charge in [-0.1, -0.05) is 0 Å². The summed E-state index contributed by atoms with van der Waals surface area (Å²) in [5.41, 5.74) is 0. The normalized spacial score (nSPS) is 10.9. The summed E-state index contributed by atoms with van der Waals surface area (Å²) in [5, 5.41) is 0. The second kappa shape index (κ2) is 3.75. The number of ketones is 1. The molecule has 0 rings (SSSR count). The maximum Gasteiger partial charge on any atom is 0.382 e. The van der Waals surface area contributed by atoms with Gasteiger partial charge in [0, 0.05) is 0 Å². The lowest BCUT2D eigenvalue weighted by Gasteiger charge is -2.04. The molecule has 0 aliphatic carbocycles. The summed E-state index contributed by atoms with van der Waals surface area (Å²) in [6.45, 7) is 1.31. The van der Waals surface area contributed by atoms with E-state index in [1.165, 1.54) is 6.92 Å². The van der Waals surface area contributed by atoms with Gasteiger partial charge in [-0.25, -0.2) is 4.79 Å². The van der Waals surface area contributed by atoms with E-state index in [1.807, 2.05) is 0 Å². The third-order valence-electron chi connectivity index (χ3n) is 0.718. The minimum Gasteiger partial charge on any atom is -0.460 e. The molecule has 0 N–H and O–H groups in total. The van der Waals surface area contributed by atoms with Crippen molar-refractivity contribution in [2.45, 2.75) is 11.8 Å². The monoisotopic (exact) mass is 230 g/mol. The molecule has 3 nitrogen and oxygen atoms in total.